The minimum Gasteiger partial charge on any atom is -0.497 e. The second-order valence-electron chi connectivity index (χ2n) is 3.56. The third kappa shape index (κ3) is 6.23. The molecule has 0 unspecified atom stereocenters. The van der Waals surface area contributed by atoms with Crippen molar-refractivity contribution >= 4 is 18.9 Å². The molecule has 0 heterocycles. The number of halogens is 1. The van der Waals surface area contributed by atoms with Crippen LogP contribution in [0.25, 0.3) is 0 Å². The van der Waals surface area contributed by atoms with Crippen LogP contribution >= 0.6 is 11.6 Å². The van der Waals surface area contributed by atoms with Crippen molar-refractivity contribution in [3.05, 3.63) is 29.8 Å². The summed E-state index contributed by atoms with van der Waals surface area (Å²) in [5.41, 5.74) is 0.242. The van der Waals surface area contributed by atoms with E-state index >= 15 is 0 Å². The molecule has 0 aromatic heterocycles. The van der Waals surface area contributed by atoms with Crippen molar-refractivity contribution in [1.29, 1.82) is 0 Å². The number of alkyl halides is 1. The van der Waals surface area contributed by atoms with Crippen LogP contribution in [0.5, 0.6) is 5.75 Å². The van der Waals surface area contributed by atoms with Crippen LogP contribution in [-0.2, 0) is 16.0 Å². The van der Waals surface area contributed by atoms with Crippen molar-refractivity contribution in [1.82, 2.24) is 0 Å². The van der Waals surface area contributed by atoms with E-state index < -0.39 is 12.9 Å². The molecule has 5 nitrogen and oxygen atoms in total. The van der Waals surface area contributed by atoms with Gasteiger partial charge < -0.3 is 24.2 Å². The zero-order chi connectivity index (χ0) is 13.4. The highest BCUT2D eigenvalue weighted by Gasteiger charge is 2.15. The number of hydrogen-bond donors (Lipinski definition) is 2. The smallest absolute Gasteiger partial charge is 0.497 e. The molecule has 0 aliphatic carbocycles. The summed E-state index contributed by atoms with van der Waals surface area (Å²) >= 11 is 5.66. The average molecular weight is 275 g/mol. The van der Waals surface area contributed by atoms with Crippen molar-refractivity contribution in [2.75, 3.05) is 13.7 Å². The standard InChI is InChI=1S/C11H16BClO5/c1-16-10-4-2-9(3-5-10)8-17-7-6-11(13)18-12(14)15/h2-5,11,14-15H,6-8H2,1H3/t11-/m0/s1. The number of hydrogen-bond acceptors (Lipinski definition) is 5. The third-order valence-electron chi connectivity index (χ3n) is 2.19. The van der Waals surface area contributed by atoms with Gasteiger partial charge in [0.05, 0.1) is 20.3 Å². The molecule has 0 radical (unpaired) electrons. The molecule has 2 N–H and O–H groups in total. The molecular weight excluding hydrogens is 258 g/mol. The van der Waals surface area contributed by atoms with E-state index in [0.717, 1.165) is 11.3 Å². The maximum absolute atomic E-state index is 8.50. The molecule has 0 amide bonds. The van der Waals surface area contributed by atoms with Gasteiger partial charge >= 0.3 is 7.32 Å². The SMILES string of the molecule is COc1ccc(COCC[C@@H](Cl)OB(O)O)cc1. The summed E-state index contributed by atoms with van der Waals surface area (Å²) in [6.07, 6.45) is 0.370. The Balaban J connectivity index is 2.17. The first-order valence-electron chi connectivity index (χ1n) is 5.48. The fraction of sp³-hybridized carbons (Fsp3) is 0.455. The van der Waals surface area contributed by atoms with Gasteiger partial charge in [-0.05, 0) is 17.7 Å². The largest absolute Gasteiger partial charge is 0.635 e. The van der Waals surface area contributed by atoms with Gasteiger partial charge in [-0.25, -0.2) is 0 Å². The maximum Gasteiger partial charge on any atom is 0.635 e. The Kier molecular flexibility index (Phi) is 7.08. The Hall–Kier alpha value is -0.785. The van der Waals surface area contributed by atoms with Crippen LogP contribution in [0, 0.1) is 0 Å². The summed E-state index contributed by atoms with van der Waals surface area (Å²) in [6.45, 7) is 0.822. The first-order chi connectivity index (χ1) is 8.61. The van der Waals surface area contributed by atoms with Crippen molar-refractivity contribution < 1.29 is 24.2 Å². The van der Waals surface area contributed by atoms with Crippen molar-refractivity contribution in [2.24, 2.45) is 0 Å². The van der Waals surface area contributed by atoms with E-state index in [1.54, 1.807) is 7.11 Å². The van der Waals surface area contributed by atoms with Gasteiger partial charge in [0.15, 0.2) is 0 Å². The van der Waals surface area contributed by atoms with E-state index in [1.165, 1.54) is 0 Å². The Morgan fingerprint density at radius 2 is 1.94 bits per heavy atom. The molecule has 7 heteroatoms. The lowest BCUT2D eigenvalue weighted by Crippen LogP contribution is -2.23. The summed E-state index contributed by atoms with van der Waals surface area (Å²) in [5.74, 6) is 0.796. The Bertz CT molecular complexity index is 333. The predicted octanol–water partition coefficient (Wildman–Crippen LogP) is 1.15. The molecular formula is C11H16BClO5. The second kappa shape index (κ2) is 8.34. The average Bonchev–Trinajstić information content (AvgIpc) is 2.34. The molecule has 0 saturated heterocycles. The van der Waals surface area contributed by atoms with E-state index in [-0.39, 0.29) is 0 Å². The van der Waals surface area contributed by atoms with Gasteiger partial charge in [0, 0.05) is 6.42 Å². The molecule has 0 spiro atoms. The Labute approximate surface area is 111 Å². The quantitative estimate of drug-likeness (QED) is 0.423. The predicted molar refractivity (Wildman–Crippen MR) is 68.2 cm³/mol. The van der Waals surface area contributed by atoms with E-state index in [0.29, 0.717) is 19.6 Å². The van der Waals surface area contributed by atoms with Gasteiger partial charge in [0.1, 0.15) is 11.3 Å². The van der Waals surface area contributed by atoms with Crippen LogP contribution in [-0.4, -0.2) is 36.6 Å². The van der Waals surface area contributed by atoms with Crippen molar-refractivity contribution in [3.63, 3.8) is 0 Å². The summed E-state index contributed by atoms with van der Waals surface area (Å²) in [6, 6.07) is 7.53. The van der Waals surface area contributed by atoms with Crippen LogP contribution in [0.1, 0.15) is 12.0 Å². The first kappa shape index (κ1) is 15.3. The summed E-state index contributed by atoms with van der Waals surface area (Å²) in [5, 5.41) is 17.0. The number of ether oxygens (including phenoxy) is 2. The minimum atomic E-state index is -1.85. The van der Waals surface area contributed by atoms with Crippen LogP contribution in [0.15, 0.2) is 24.3 Å². The lowest BCUT2D eigenvalue weighted by Gasteiger charge is -2.10. The van der Waals surface area contributed by atoms with Crippen LogP contribution < -0.4 is 4.74 Å². The van der Waals surface area contributed by atoms with Gasteiger partial charge in [-0.3, -0.25) is 0 Å². The maximum atomic E-state index is 8.50. The van der Waals surface area contributed by atoms with Gasteiger partial charge in [-0.15, -0.1) is 0 Å². The fourth-order valence-corrected chi connectivity index (χ4v) is 1.47. The zero-order valence-corrected chi connectivity index (χ0v) is 10.8. The van der Waals surface area contributed by atoms with Crippen LogP contribution in [0.2, 0.25) is 0 Å². The lowest BCUT2D eigenvalue weighted by atomic mass is 10.2. The molecule has 1 aromatic rings. The highest BCUT2D eigenvalue weighted by molar-refractivity contribution is 6.34. The van der Waals surface area contributed by atoms with Gasteiger partial charge in [-0.2, -0.15) is 0 Å². The molecule has 0 aliphatic heterocycles. The first-order valence-corrected chi connectivity index (χ1v) is 5.92. The molecule has 0 fully saturated rings. The van der Waals surface area contributed by atoms with Gasteiger partial charge in [0.25, 0.3) is 0 Å². The molecule has 1 atom stereocenters. The van der Waals surface area contributed by atoms with Crippen LogP contribution in [0.4, 0.5) is 0 Å². The molecule has 0 bridgehead atoms. The van der Waals surface area contributed by atoms with Crippen molar-refractivity contribution in [2.45, 2.75) is 18.6 Å². The Morgan fingerprint density at radius 3 is 2.50 bits per heavy atom. The normalized spacial score (nSPS) is 12.2. The summed E-state index contributed by atoms with van der Waals surface area (Å²) in [7, 11) is -0.240. The highest BCUT2D eigenvalue weighted by atomic mass is 35.5. The third-order valence-corrected chi connectivity index (χ3v) is 2.51. The number of rotatable bonds is 8. The van der Waals surface area contributed by atoms with E-state index in [9.17, 15) is 0 Å². The summed E-state index contributed by atoms with van der Waals surface area (Å²) in [4.78, 5) is 0. The van der Waals surface area contributed by atoms with Crippen molar-refractivity contribution in [3.8, 4) is 5.75 Å². The molecule has 1 aromatic carbocycles. The monoisotopic (exact) mass is 274 g/mol. The molecule has 1 rings (SSSR count). The topological polar surface area (TPSA) is 68.2 Å². The second-order valence-corrected chi connectivity index (χ2v) is 4.05. The van der Waals surface area contributed by atoms with E-state index in [4.69, 9.17) is 31.1 Å². The number of benzene rings is 1. The molecule has 0 aliphatic rings. The molecule has 18 heavy (non-hydrogen) atoms. The fourth-order valence-electron chi connectivity index (χ4n) is 1.29. The van der Waals surface area contributed by atoms with Gasteiger partial charge in [0.2, 0.25) is 0 Å². The molecule has 100 valence electrons. The van der Waals surface area contributed by atoms with E-state index in [2.05, 4.69) is 4.65 Å². The molecule has 0 saturated carbocycles. The lowest BCUT2D eigenvalue weighted by molar-refractivity contribution is 0.0868. The minimum absolute atomic E-state index is 0.368. The van der Waals surface area contributed by atoms with E-state index in [1.807, 2.05) is 24.3 Å². The van der Waals surface area contributed by atoms with Crippen LogP contribution in [0.3, 0.4) is 0 Å². The zero-order valence-electron chi connectivity index (χ0n) is 10.1. The Morgan fingerprint density at radius 1 is 1.28 bits per heavy atom. The summed E-state index contributed by atoms with van der Waals surface area (Å²) < 4.78 is 14.9. The highest BCUT2D eigenvalue weighted by Crippen LogP contribution is 2.12. The number of methoxy groups -OCH3 is 1. The van der Waals surface area contributed by atoms with Gasteiger partial charge in [-0.1, -0.05) is 23.7 Å².